The van der Waals surface area contributed by atoms with Gasteiger partial charge in [0.25, 0.3) is 0 Å². The molecule has 0 N–H and O–H groups in total. The van der Waals surface area contributed by atoms with Gasteiger partial charge in [0.05, 0.1) is 18.0 Å². The van der Waals surface area contributed by atoms with Gasteiger partial charge >= 0.3 is 0 Å². The average Bonchev–Trinajstić information content (AvgIpc) is 3.16. The zero-order valence-electron chi connectivity index (χ0n) is 21.6. The van der Waals surface area contributed by atoms with E-state index in [1.807, 2.05) is 21.7 Å². The molecule has 0 spiro atoms. The number of amides is 1. The summed E-state index contributed by atoms with van der Waals surface area (Å²) in [6.45, 7) is 17.1. The second kappa shape index (κ2) is 9.62. The third-order valence-corrected chi connectivity index (χ3v) is 10.1. The maximum atomic E-state index is 12.9. The fourth-order valence-corrected chi connectivity index (χ4v) is 8.54. The summed E-state index contributed by atoms with van der Waals surface area (Å²) in [6.07, 6.45) is 6.69. The number of allylic oxidation sites excluding steroid dienone is 1. The van der Waals surface area contributed by atoms with Crippen molar-refractivity contribution in [3.8, 4) is 0 Å². The van der Waals surface area contributed by atoms with Crippen molar-refractivity contribution in [3.05, 3.63) is 59.2 Å². The molecule has 1 aromatic heterocycles. The number of aromatic nitrogens is 2. The zero-order valence-corrected chi connectivity index (χ0v) is 22.8. The molecule has 1 unspecified atom stereocenters. The summed E-state index contributed by atoms with van der Waals surface area (Å²) in [5.41, 5.74) is 6.23. The smallest absolute Gasteiger partial charge is 0.248 e. The van der Waals surface area contributed by atoms with Crippen molar-refractivity contribution in [2.24, 2.45) is 4.99 Å². The molecule has 182 valence electrons. The van der Waals surface area contributed by atoms with Gasteiger partial charge in [-0.3, -0.25) is 14.4 Å². The zero-order chi connectivity index (χ0) is 24.6. The first-order valence-corrected chi connectivity index (χ1v) is 14.1. The number of hydrogen-bond acceptors (Lipinski definition) is 4. The number of hydrogen-bond donors (Lipinski definition) is 0. The summed E-state index contributed by atoms with van der Waals surface area (Å²) in [4.78, 5) is 24.1. The Hall–Kier alpha value is -2.51. The summed E-state index contributed by atoms with van der Waals surface area (Å²) < 4.78 is 8.33. The van der Waals surface area contributed by atoms with E-state index in [9.17, 15) is 4.79 Å². The van der Waals surface area contributed by atoms with Crippen LogP contribution in [0.3, 0.4) is 0 Å². The molecule has 7 heteroatoms. The Morgan fingerprint density at radius 2 is 1.94 bits per heavy atom. The third kappa shape index (κ3) is 4.96. The Morgan fingerprint density at radius 1 is 1.18 bits per heavy atom. The van der Waals surface area contributed by atoms with E-state index in [2.05, 4.69) is 76.6 Å². The third-order valence-electron chi connectivity index (χ3n) is 6.70. The van der Waals surface area contributed by atoms with Gasteiger partial charge in [-0.05, 0) is 34.0 Å². The molecular formula is C27H38N4O2Si. The lowest BCUT2D eigenvalue weighted by atomic mass is 9.87. The van der Waals surface area contributed by atoms with E-state index in [1.165, 1.54) is 11.1 Å². The molecular weight excluding hydrogens is 440 g/mol. The molecule has 4 rings (SSSR count). The van der Waals surface area contributed by atoms with E-state index in [1.54, 1.807) is 6.33 Å². The predicted molar refractivity (Wildman–Crippen MR) is 141 cm³/mol. The van der Waals surface area contributed by atoms with Crippen LogP contribution in [0.2, 0.25) is 10.6 Å². The van der Waals surface area contributed by atoms with Crippen LogP contribution < -0.4 is 0 Å². The average molecular weight is 479 g/mol. The van der Waals surface area contributed by atoms with Gasteiger partial charge in [-0.25, -0.2) is 4.98 Å². The van der Waals surface area contributed by atoms with Crippen LogP contribution in [0.15, 0.2) is 41.8 Å². The Kier molecular flexibility index (Phi) is 6.96. The van der Waals surface area contributed by atoms with E-state index in [0.717, 1.165) is 29.2 Å². The molecule has 0 aliphatic carbocycles. The Balaban J connectivity index is 1.62. The van der Waals surface area contributed by atoms with E-state index in [4.69, 9.17) is 4.43 Å². The van der Waals surface area contributed by atoms with Crippen LogP contribution in [-0.2, 0) is 22.2 Å². The van der Waals surface area contributed by atoms with Gasteiger partial charge in [-0.15, -0.1) is 0 Å². The molecule has 2 aliphatic heterocycles. The highest BCUT2D eigenvalue weighted by atomic mass is 28.3. The van der Waals surface area contributed by atoms with Gasteiger partial charge in [0.15, 0.2) is 9.04 Å². The maximum absolute atomic E-state index is 12.9. The molecule has 0 fully saturated rings. The van der Waals surface area contributed by atoms with E-state index in [-0.39, 0.29) is 17.5 Å². The summed E-state index contributed by atoms with van der Waals surface area (Å²) >= 11 is 0. The molecule has 2 aromatic rings. The molecule has 2 aliphatic rings. The van der Waals surface area contributed by atoms with Crippen molar-refractivity contribution in [3.63, 3.8) is 0 Å². The minimum atomic E-state index is -1.42. The Bertz CT molecular complexity index is 1120. The monoisotopic (exact) mass is 478 g/mol. The summed E-state index contributed by atoms with van der Waals surface area (Å²) in [5.74, 6) is 1.22. The fourth-order valence-electron chi connectivity index (χ4n) is 5.31. The molecule has 0 saturated carbocycles. The second-order valence-corrected chi connectivity index (χ2v) is 15.4. The van der Waals surface area contributed by atoms with Crippen LogP contribution in [0.4, 0.5) is 0 Å². The highest BCUT2D eigenvalue weighted by molar-refractivity contribution is 6.56. The van der Waals surface area contributed by atoms with Gasteiger partial charge in [0.2, 0.25) is 5.91 Å². The first-order valence-electron chi connectivity index (χ1n) is 12.4. The van der Waals surface area contributed by atoms with E-state index in [0.29, 0.717) is 24.6 Å². The van der Waals surface area contributed by atoms with E-state index < -0.39 is 9.04 Å². The lowest BCUT2D eigenvalue weighted by Gasteiger charge is -2.32. The first kappa shape index (κ1) is 24.6. The van der Waals surface area contributed by atoms with Crippen molar-refractivity contribution < 1.29 is 9.22 Å². The quantitative estimate of drug-likeness (QED) is 0.559. The molecule has 1 amide bonds. The highest BCUT2D eigenvalue weighted by Crippen LogP contribution is 2.36. The van der Waals surface area contributed by atoms with Gasteiger partial charge in [0, 0.05) is 24.4 Å². The standard InChI is InChI=1S/C27H38N4O2Si/c1-18(2)21-9-8-10-23-22(21)11-12-31-24(23)13-25(28-14-26(31)32)30-15-20(29-17-30)16-33-34(19(3)4)27(5,6)7/h8-10,13,15,17-19,34H,11-12,14,16H2,1-7H3. The molecule has 34 heavy (non-hydrogen) atoms. The number of carbonyl (C=O) groups is 1. The number of nitrogens with zero attached hydrogens (tertiary/aromatic N) is 4. The minimum absolute atomic E-state index is 0.0430. The summed E-state index contributed by atoms with van der Waals surface area (Å²) in [6, 6.07) is 6.44. The lowest BCUT2D eigenvalue weighted by molar-refractivity contribution is -0.126. The van der Waals surface area contributed by atoms with Crippen LogP contribution in [0.5, 0.6) is 0 Å². The van der Waals surface area contributed by atoms with Crippen molar-refractivity contribution >= 4 is 26.5 Å². The Labute approximate surface area is 205 Å². The Morgan fingerprint density at radius 3 is 2.62 bits per heavy atom. The van der Waals surface area contributed by atoms with Crippen LogP contribution in [0.1, 0.15) is 76.8 Å². The predicted octanol–water partition coefficient (Wildman–Crippen LogP) is 5.14. The van der Waals surface area contributed by atoms with Crippen LogP contribution >= 0.6 is 0 Å². The first-order chi connectivity index (χ1) is 16.1. The normalized spacial score (nSPS) is 17.3. The molecule has 6 nitrogen and oxygen atoms in total. The number of benzene rings is 1. The molecule has 0 bridgehead atoms. The van der Waals surface area contributed by atoms with Gasteiger partial charge in [-0.2, -0.15) is 0 Å². The number of imidazole rings is 1. The number of aliphatic imine (C=N–C) groups is 1. The van der Waals surface area contributed by atoms with Crippen LogP contribution in [0, 0.1) is 0 Å². The minimum Gasteiger partial charge on any atom is -0.413 e. The molecule has 0 radical (unpaired) electrons. The topological polar surface area (TPSA) is 59.7 Å². The van der Waals surface area contributed by atoms with Gasteiger partial charge in [-0.1, -0.05) is 66.7 Å². The maximum Gasteiger partial charge on any atom is 0.248 e. The number of fused-ring (bicyclic) bond motifs is 3. The van der Waals surface area contributed by atoms with Gasteiger partial charge in [0.1, 0.15) is 18.7 Å². The largest absolute Gasteiger partial charge is 0.413 e. The number of rotatable bonds is 5. The van der Waals surface area contributed by atoms with Crippen LogP contribution in [-0.4, -0.2) is 48.3 Å². The summed E-state index contributed by atoms with van der Waals surface area (Å²) in [7, 11) is -1.42. The second-order valence-electron chi connectivity index (χ2n) is 11.1. The SMILES string of the molecule is CC(C)c1cccc2c1CCN1C(=O)CN=C(n3cnc(CO[SiH](C(C)C)C(C)(C)C)c3)C=C21. The van der Waals surface area contributed by atoms with Crippen molar-refractivity contribution in [2.45, 2.75) is 78.0 Å². The summed E-state index contributed by atoms with van der Waals surface area (Å²) in [5, 5.41) is 0.194. The molecule has 1 atom stereocenters. The van der Waals surface area contributed by atoms with Gasteiger partial charge < -0.3 is 9.33 Å². The lowest BCUT2D eigenvalue weighted by Crippen LogP contribution is -2.36. The number of carbonyl (C=O) groups excluding carboxylic acids is 1. The van der Waals surface area contributed by atoms with Crippen molar-refractivity contribution in [1.29, 1.82) is 0 Å². The highest BCUT2D eigenvalue weighted by Gasteiger charge is 2.32. The van der Waals surface area contributed by atoms with Crippen molar-refractivity contribution in [2.75, 3.05) is 13.1 Å². The van der Waals surface area contributed by atoms with Crippen molar-refractivity contribution in [1.82, 2.24) is 14.5 Å². The fraction of sp³-hybridized carbons (Fsp3) is 0.519. The van der Waals surface area contributed by atoms with E-state index >= 15 is 0 Å². The molecule has 1 aromatic carbocycles. The molecule has 3 heterocycles. The molecule has 0 saturated heterocycles. The van der Waals surface area contributed by atoms with Crippen LogP contribution in [0.25, 0.3) is 5.70 Å².